The van der Waals surface area contributed by atoms with Crippen LogP contribution in [0.5, 0.6) is 11.5 Å². The van der Waals surface area contributed by atoms with Gasteiger partial charge in [-0.1, -0.05) is 18.2 Å². The minimum absolute atomic E-state index is 0.0326. The second kappa shape index (κ2) is 9.56. The monoisotopic (exact) mass is 444 g/mol. The van der Waals surface area contributed by atoms with E-state index in [4.69, 9.17) is 9.47 Å². The Morgan fingerprint density at radius 3 is 2.30 bits per heavy atom. The summed E-state index contributed by atoms with van der Waals surface area (Å²) in [6.07, 6.45) is 1.63. The van der Waals surface area contributed by atoms with Gasteiger partial charge in [0, 0.05) is 11.8 Å². The van der Waals surface area contributed by atoms with Gasteiger partial charge >= 0.3 is 0 Å². The van der Waals surface area contributed by atoms with Crippen LogP contribution in [0.15, 0.2) is 78.5 Å². The largest absolute Gasteiger partial charge is 0.507 e. The summed E-state index contributed by atoms with van der Waals surface area (Å²) in [4.78, 5) is 31.9. The lowest BCUT2D eigenvalue weighted by molar-refractivity contribution is -0.140. The number of rotatable bonds is 7. The average molecular weight is 444 g/mol. The number of aliphatic hydroxyl groups excluding tert-OH is 1. The summed E-state index contributed by atoms with van der Waals surface area (Å²) in [5, 5.41) is 11.1. The van der Waals surface area contributed by atoms with Crippen LogP contribution in [-0.4, -0.2) is 40.4 Å². The van der Waals surface area contributed by atoms with Crippen LogP contribution < -0.4 is 9.47 Å². The molecule has 3 aromatic rings. The van der Waals surface area contributed by atoms with Crippen LogP contribution in [-0.2, 0) is 16.1 Å². The second-order valence-electron chi connectivity index (χ2n) is 7.48. The van der Waals surface area contributed by atoms with E-state index in [0.717, 1.165) is 0 Å². The minimum atomic E-state index is -0.774. The van der Waals surface area contributed by atoms with Gasteiger partial charge in [-0.15, -0.1) is 0 Å². The number of carbonyl (C=O) groups is 2. The Balaban J connectivity index is 1.81. The molecule has 1 N–H and O–H groups in total. The van der Waals surface area contributed by atoms with E-state index < -0.39 is 17.7 Å². The van der Waals surface area contributed by atoms with E-state index in [0.29, 0.717) is 34.9 Å². The number of aromatic nitrogens is 1. The number of nitrogens with zero attached hydrogens (tertiary/aromatic N) is 2. The summed E-state index contributed by atoms with van der Waals surface area (Å²) in [7, 11) is 1.56. The molecule has 4 rings (SSSR count). The van der Waals surface area contributed by atoms with E-state index in [9.17, 15) is 14.7 Å². The molecule has 0 saturated carbocycles. The summed E-state index contributed by atoms with van der Waals surface area (Å²) in [5.74, 6) is -0.365. The Morgan fingerprint density at radius 1 is 1.00 bits per heavy atom. The molecule has 0 aliphatic carbocycles. The third-order valence-corrected chi connectivity index (χ3v) is 5.47. The molecule has 33 heavy (non-hydrogen) atoms. The Kier molecular flexibility index (Phi) is 6.40. The molecule has 1 aliphatic rings. The maximum atomic E-state index is 13.1. The number of aliphatic hydroxyl groups is 1. The highest BCUT2D eigenvalue weighted by Crippen LogP contribution is 2.40. The molecule has 0 spiro atoms. The van der Waals surface area contributed by atoms with Crippen LogP contribution in [0.4, 0.5) is 0 Å². The molecule has 1 atom stereocenters. The zero-order chi connectivity index (χ0) is 23.4. The Hall–Kier alpha value is -4.13. The lowest BCUT2D eigenvalue weighted by Gasteiger charge is -2.25. The molecule has 1 unspecified atom stereocenters. The Morgan fingerprint density at radius 2 is 1.70 bits per heavy atom. The van der Waals surface area contributed by atoms with Crippen molar-refractivity contribution in [3.05, 3.63) is 95.3 Å². The molecule has 0 bridgehead atoms. The molecule has 1 amide bonds. The highest BCUT2D eigenvalue weighted by Gasteiger charge is 2.46. The van der Waals surface area contributed by atoms with Crippen LogP contribution in [0, 0.1) is 0 Å². The van der Waals surface area contributed by atoms with Gasteiger partial charge in [0.25, 0.3) is 11.7 Å². The summed E-state index contributed by atoms with van der Waals surface area (Å²) in [5.41, 5.74) is 1.77. The maximum Gasteiger partial charge on any atom is 0.296 e. The zero-order valence-electron chi connectivity index (χ0n) is 18.4. The number of benzene rings is 2. The third-order valence-electron chi connectivity index (χ3n) is 5.47. The van der Waals surface area contributed by atoms with Crippen molar-refractivity contribution in [2.75, 3.05) is 13.7 Å². The van der Waals surface area contributed by atoms with Crippen LogP contribution in [0.3, 0.4) is 0 Å². The van der Waals surface area contributed by atoms with Gasteiger partial charge in [0.05, 0.1) is 37.6 Å². The quantitative estimate of drug-likeness (QED) is 0.335. The standard InChI is InChI=1S/C26H24N2O5/c1-3-33-21-13-9-18(10-14-21)24(29)22-23(17-7-11-20(32-2)12-8-17)28(26(31)25(22)30)16-19-6-4-5-15-27-19/h4-15,23,29H,3,16H2,1-2H3/b24-22+. The molecular weight excluding hydrogens is 420 g/mol. The van der Waals surface area contributed by atoms with Gasteiger partial charge in [-0.25, -0.2) is 0 Å². The number of pyridine rings is 1. The fraction of sp³-hybridized carbons (Fsp3) is 0.192. The van der Waals surface area contributed by atoms with Gasteiger partial charge in [0.2, 0.25) is 0 Å². The number of ether oxygens (including phenoxy) is 2. The number of Topliss-reactive ketones (excluding diaryl/α,β-unsaturated/α-hetero) is 1. The molecule has 7 heteroatoms. The van der Waals surface area contributed by atoms with Crippen molar-refractivity contribution in [1.82, 2.24) is 9.88 Å². The van der Waals surface area contributed by atoms with Crippen molar-refractivity contribution < 1.29 is 24.2 Å². The number of ketones is 1. The highest BCUT2D eigenvalue weighted by atomic mass is 16.5. The number of carbonyl (C=O) groups excluding carboxylic acids is 2. The lowest BCUT2D eigenvalue weighted by atomic mass is 9.95. The first-order valence-corrected chi connectivity index (χ1v) is 10.6. The van der Waals surface area contributed by atoms with Crippen molar-refractivity contribution in [3.8, 4) is 11.5 Å². The molecule has 1 aliphatic heterocycles. The molecule has 0 radical (unpaired) electrons. The molecule has 1 aromatic heterocycles. The normalized spacial score (nSPS) is 17.3. The predicted molar refractivity (Wildman–Crippen MR) is 123 cm³/mol. The van der Waals surface area contributed by atoms with E-state index in [1.807, 2.05) is 13.0 Å². The van der Waals surface area contributed by atoms with Crippen LogP contribution in [0.25, 0.3) is 5.76 Å². The van der Waals surface area contributed by atoms with Gasteiger partial charge < -0.3 is 19.5 Å². The van der Waals surface area contributed by atoms with Gasteiger partial charge in [0.1, 0.15) is 17.3 Å². The smallest absolute Gasteiger partial charge is 0.296 e. The number of hydrogen-bond donors (Lipinski definition) is 1. The average Bonchev–Trinajstić information content (AvgIpc) is 3.10. The summed E-state index contributed by atoms with van der Waals surface area (Å²) in [6, 6.07) is 18.5. The highest BCUT2D eigenvalue weighted by molar-refractivity contribution is 6.46. The summed E-state index contributed by atoms with van der Waals surface area (Å²) < 4.78 is 10.7. The summed E-state index contributed by atoms with van der Waals surface area (Å²) in [6.45, 7) is 2.52. The number of methoxy groups -OCH3 is 1. The van der Waals surface area contributed by atoms with E-state index in [1.165, 1.54) is 4.90 Å². The van der Waals surface area contributed by atoms with Crippen molar-refractivity contribution in [2.45, 2.75) is 19.5 Å². The number of amides is 1. The van der Waals surface area contributed by atoms with Crippen molar-refractivity contribution in [1.29, 1.82) is 0 Å². The first-order valence-electron chi connectivity index (χ1n) is 10.6. The van der Waals surface area contributed by atoms with Crippen LogP contribution in [0.1, 0.15) is 29.8 Å². The molecule has 168 valence electrons. The van der Waals surface area contributed by atoms with E-state index in [1.54, 1.807) is 74.0 Å². The lowest BCUT2D eigenvalue weighted by Crippen LogP contribution is -2.29. The van der Waals surface area contributed by atoms with E-state index >= 15 is 0 Å². The molecular formula is C26H24N2O5. The van der Waals surface area contributed by atoms with Crippen molar-refractivity contribution in [3.63, 3.8) is 0 Å². The van der Waals surface area contributed by atoms with Crippen molar-refractivity contribution >= 4 is 17.4 Å². The minimum Gasteiger partial charge on any atom is -0.507 e. The molecule has 1 saturated heterocycles. The zero-order valence-corrected chi connectivity index (χ0v) is 18.4. The molecule has 2 heterocycles. The van der Waals surface area contributed by atoms with E-state index in [2.05, 4.69) is 4.98 Å². The predicted octanol–water partition coefficient (Wildman–Crippen LogP) is 4.11. The molecule has 1 fully saturated rings. The topological polar surface area (TPSA) is 89.0 Å². The van der Waals surface area contributed by atoms with Gasteiger partial charge in [-0.2, -0.15) is 0 Å². The van der Waals surface area contributed by atoms with Crippen molar-refractivity contribution in [2.24, 2.45) is 0 Å². The maximum absolute atomic E-state index is 13.1. The number of hydrogen-bond acceptors (Lipinski definition) is 6. The number of likely N-dealkylation sites (tertiary alicyclic amines) is 1. The Labute approximate surface area is 191 Å². The van der Waals surface area contributed by atoms with E-state index in [-0.39, 0.29) is 17.9 Å². The molecule has 2 aromatic carbocycles. The van der Waals surface area contributed by atoms with Crippen LogP contribution >= 0.6 is 0 Å². The Bertz CT molecular complexity index is 1170. The first kappa shape index (κ1) is 22.1. The van der Waals surface area contributed by atoms with Gasteiger partial charge in [-0.3, -0.25) is 14.6 Å². The fourth-order valence-corrected chi connectivity index (χ4v) is 3.87. The second-order valence-corrected chi connectivity index (χ2v) is 7.48. The first-order chi connectivity index (χ1) is 16.0. The SMILES string of the molecule is CCOc1ccc(/C(O)=C2\C(=O)C(=O)N(Cc3ccccn3)C2c2ccc(OC)cc2)cc1. The summed E-state index contributed by atoms with van der Waals surface area (Å²) >= 11 is 0. The van der Waals surface area contributed by atoms with Gasteiger partial charge in [-0.05, 0) is 61.0 Å². The van der Waals surface area contributed by atoms with Gasteiger partial charge in [0.15, 0.2) is 0 Å². The van der Waals surface area contributed by atoms with Crippen LogP contribution in [0.2, 0.25) is 0 Å². The molecule has 7 nitrogen and oxygen atoms in total. The third kappa shape index (κ3) is 4.43. The fourth-order valence-electron chi connectivity index (χ4n) is 3.87.